The van der Waals surface area contributed by atoms with E-state index in [1.54, 1.807) is 0 Å². The van der Waals surface area contributed by atoms with Crippen molar-refractivity contribution in [3.63, 3.8) is 0 Å². The van der Waals surface area contributed by atoms with Gasteiger partial charge in [-0.15, -0.1) is 0 Å². The number of aliphatic hydroxyl groups excluding tert-OH is 1. The van der Waals surface area contributed by atoms with E-state index in [-0.39, 0.29) is 6.61 Å². The Morgan fingerprint density at radius 2 is 1.93 bits per heavy atom. The molecule has 2 rings (SSSR count). The lowest BCUT2D eigenvalue weighted by Gasteiger charge is -2.38. The van der Waals surface area contributed by atoms with Crippen LogP contribution in [0.3, 0.4) is 0 Å². The van der Waals surface area contributed by atoms with E-state index < -0.39 is 0 Å². The van der Waals surface area contributed by atoms with Gasteiger partial charge in [-0.1, -0.05) is 6.92 Å². The minimum absolute atomic E-state index is 0.276. The van der Waals surface area contributed by atoms with Crippen molar-refractivity contribution >= 4 is 0 Å². The Bertz CT molecular complexity index is 192. The van der Waals surface area contributed by atoms with Crippen LogP contribution in [0.1, 0.15) is 39.0 Å². The molecule has 15 heavy (non-hydrogen) atoms. The Hall–Kier alpha value is -0.120. The molecule has 0 radical (unpaired) electrons. The molecule has 0 aromatic carbocycles. The summed E-state index contributed by atoms with van der Waals surface area (Å²) >= 11 is 0. The van der Waals surface area contributed by atoms with E-state index in [1.165, 1.54) is 25.7 Å². The summed E-state index contributed by atoms with van der Waals surface area (Å²) in [7, 11) is 2.27. The highest BCUT2D eigenvalue weighted by Crippen LogP contribution is 2.34. The maximum Gasteiger partial charge on any atom is 0.0584 e. The molecule has 0 aromatic heterocycles. The molecule has 0 aliphatic carbocycles. The van der Waals surface area contributed by atoms with Crippen LogP contribution in [0, 0.1) is 0 Å². The number of aliphatic hydroxyl groups is 1. The zero-order chi connectivity index (χ0) is 10.8. The van der Waals surface area contributed by atoms with Crippen molar-refractivity contribution in [2.45, 2.75) is 63.2 Å². The van der Waals surface area contributed by atoms with E-state index in [0.29, 0.717) is 12.1 Å². The van der Waals surface area contributed by atoms with E-state index in [9.17, 15) is 5.11 Å². The molecule has 2 aliphatic rings. The van der Waals surface area contributed by atoms with E-state index >= 15 is 0 Å². The lowest BCUT2D eigenvalue weighted by molar-refractivity contribution is 0.132. The number of hydrogen-bond acceptors (Lipinski definition) is 3. The fourth-order valence-electron chi connectivity index (χ4n) is 3.18. The van der Waals surface area contributed by atoms with Gasteiger partial charge in [-0.3, -0.25) is 0 Å². The molecule has 3 heteroatoms. The first-order valence-corrected chi connectivity index (χ1v) is 6.33. The van der Waals surface area contributed by atoms with Crippen LogP contribution >= 0.6 is 0 Å². The first kappa shape index (κ1) is 11.4. The molecule has 2 heterocycles. The second-order valence-electron chi connectivity index (χ2n) is 5.17. The van der Waals surface area contributed by atoms with Gasteiger partial charge in [-0.05, 0) is 39.2 Å². The summed E-state index contributed by atoms with van der Waals surface area (Å²) in [5.41, 5.74) is 0. The molecule has 0 aromatic rings. The van der Waals surface area contributed by atoms with Crippen molar-refractivity contribution in [2.24, 2.45) is 0 Å². The van der Waals surface area contributed by atoms with Crippen LogP contribution in [0.25, 0.3) is 0 Å². The van der Waals surface area contributed by atoms with Gasteiger partial charge in [-0.25, -0.2) is 0 Å². The molecule has 3 atom stereocenters. The summed E-state index contributed by atoms with van der Waals surface area (Å²) in [5.74, 6) is 0. The number of nitrogens with zero attached hydrogens (tertiary/aromatic N) is 1. The van der Waals surface area contributed by atoms with Crippen molar-refractivity contribution in [1.29, 1.82) is 0 Å². The third-order valence-electron chi connectivity index (χ3n) is 4.28. The predicted octanol–water partition coefficient (Wildman–Crippen LogP) is 0.972. The van der Waals surface area contributed by atoms with Crippen molar-refractivity contribution in [1.82, 2.24) is 10.2 Å². The number of piperidine rings is 1. The molecule has 0 spiro atoms. The maximum atomic E-state index is 9.18. The number of nitrogens with one attached hydrogen (secondary N) is 1. The number of hydrogen-bond donors (Lipinski definition) is 2. The summed E-state index contributed by atoms with van der Waals surface area (Å²) in [6.45, 7) is 2.41. The molecule has 3 unspecified atom stereocenters. The first-order chi connectivity index (χ1) is 7.24. The van der Waals surface area contributed by atoms with Gasteiger partial charge in [0.1, 0.15) is 0 Å². The van der Waals surface area contributed by atoms with E-state index in [1.807, 2.05) is 0 Å². The summed E-state index contributed by atoms with van der Waals surface area (Å²) in [6, 6.07) is 2.52. The average molecular weight is 212 g/mol. The second kappa shape index (κ2) is 4.81. The quantitative estimate of drug-likeness (QED) is 0.729. The lowest BCUT2D eigenvalue weighted by Crippen LogP contribution is -2.50. The molecule has 2 bridgehead atoms. The van der Waals surface area contributed by atoms with Gasteiger partial charge in [-0.2, -0.15) is 0 Å². The largest absolute Gasteiger partial charge is 0.395 e. The lowest BCUT2D eigenvalue weighted by atomic mass is 9.97. The van der Waals surface area contributed by atoms with Gasteiger partial charge in [0.25, 0.3) is 0 Å². The summed E-state index contributed by atoms with van der Waals surface area (Å²) in [6.07, 6.45) is 6.30. The van der Waals surface area contributed by atoms with E-state index in [4.69, 9.17) is 0 Å². The fraction of sp³-hybridized carbons (Fsp3) is 1.00. The highest BCUT2D eigenvalue weighted by atomic mass is 16.3. The monoisotopic (exact) mass is 212 g/mol. The molecule has 0 saturated carbocycles. The zero-order valence-corrected chi connectivity index (χ0v) is 9.95. The van der Waals surface area contributed by atoms with Crippen LogP contribution in [0.15, 0.2) is 0 Å². The fourth-order valence-corrected chi connectivity index (χ4v) is 3.18. The SMILES string of the molecule is CCC(CO)NC1CC2CCC(C1)N2C. The molecule has 2 aliphatic heterocycles. The molecule has 2 saturated heterocycles. The normalized spacial score (nSPS) is 38.2. The summed E-state index contributed by atoms with van der Waals surface area (Å²) in [4.78, 5) is 2.55. The molecular weight excluding hydrogens is 188 g/mol. The zero-order valence-electron chi connectivity index (χ0n) is 9.95. The van der Waals surface area contributed by atoms with Crippen LogP contribution in [-0.4, -0.2) is 47.8 Å². The summed E-state index contributed by atoms with van der Waals surface area (Å²) < 4.78 is 0. The average Bonchev–Trinajstić information content (AvgIpc) is 2.50. The van der Waals surface area contributed by atoms with E-state index in [0.717, 1.165) is 18.5 Å². The standard InChI is InChI=1S/C12H24N2O/c1-3-9(8-15)13-10-6-11-4-5-12(7-10)14(11)2/h9-13,15H,3-8H2,1-2H3. The van der Waals surface area contributed by atoms with Gasteiger partial charge >= 0.3 is 0 Å². The molecule has 88 valence electrons. The smallest absolute Gasteiger partial charge is 0.0584 e. The number of rotatable bonds is 4. The molecule has 0 amide bonds. The van der Waals surface area contributed by atoms with Crippen LogP contribution in [-0.2, 0) is 0 Å². The van der Waals surface area contributed by atoms with Gasteiger partial charge in [0.2, 0.25) is 0 Å². The van der Waals surface area contributed by atoms with Crippen LogP contribution in [0.5, 0.6) is 0 Å². The van der Waals surface area contributed by atoms with E-state index in [2.05, 4.69) is 24.2 Å². The molecule has 3 nitrogen and oxygen atoms in total. The second-order valence-corrected chi connectivity index (χ2v) is 5.17. The summed E-state index contributed by atoms with van der Waals surface area (Å²) in [5, 5.41) is 12.8. The Labute approximate surface area is 92.8 Å². The highest BCUT2D eigenvalue weighted by molar-refractivity contribution is 4.96. The van der Waals surface area contributed by atoms with Gasteiger partial charge in [0.05, 0.1) is 6.61 Å². The van der Waals surface area contributed by atoms with Crippen molar-refractivity contribution in [2.75, 3.05) is 13.7 Å². The minimum Gasteiger partial charge on any atom is -0.395 e. The van der Waals surface area contributed by atoms with Gasteiger partial charge in [0.15, 0.2) is 0 Å². The molecular formula is C12H24N2O. The Morgan fingerprint density at radius 1 is 1.33 bits per heavy atom. The third-order valence-corrected chi connectivity index (χ3v) is 4.28. The maximum absolute atomic E-state index is 9.18. The number of fused-ring (bicyclic) bond motifs is 2. The molecule has 2 fully saturated rings. The van der Waals surface area contributed by atoms with Crippen molar-refractivity contribution in [3.05, 3.63) is 0 Å². The highest BCUT2D eigenvalue weighted by Gasteiger charge is 2.38. The van der Waals surface area contributed by atoms with Crippen molar-refractivity contribution < 1.29 is 5.11 Å². The van der Waals surface area contributed by atoms with Gasteiger partial charge in [0, 0.05) is 24.2 Å². The third kappa shape index (κ3) is 2.35. The topological polar surface area (TPSA) is 35.5 Å². The Morgan fingerprint density at radius 3 is 2.40 bits per heavy atom. The molecule has 2 N–H and O–H groups in total. The van der Waals surface area contributed by atoms with Crippen LogP contribution in [0.4, 0.5) is 0 Å². The Kier molecular flexibility index (Phi) is 3.65. The van der Waals surface area contributed by atoms with Crippen LogP contribution in [0.2, 0.25) is 0 Å². The predicted molar refractivity (Wildman–Crippen MR) is 61.9 cm³/mol. The van der Waals surface area contributed by atoms with Crippen LogP contribution < -0.4 is 5.32 Å². The Balaban J connectivity index is 1.86. The van der Waals surface area contributed by atoms with Gasteiger partial charge < -0.3 is 15.3 Å². The first-order valence-electron chi connectivity index (χ1n) is 6.33. The van der Waals surface area contributed by atoms with Crippen molar-refractivity contribution in [3.8, 4) is 0 Å². The minimum atomic E-state index is 0.276.